The van der Waals surface area contributed by atoms with Crippen molar-refractivity contribution in [1.82, 2.24) is 10.2 Å². The summed E-state index contributed by atoms with van der Waals surface area (Å²) in [5.41, 5.74) is 1.43. The Morgan fingerprint density at radius 3 is 2.56 bits per heavy atom. The Morgan fingerprint density at radius 2 is 1.91 bits per heavy atom. The zero-order valence-electron chi connectivity index (χ0n) is 17.8. The molecule has 32 heavy (non-hydrogen) atoms. The number of amides is 3. The number of carbonyl (C=O) groups is 2. The van der Waals surface area contributed by atoms with Crippen molar-refractivity contribution in [2.24, 2.45) is 0 Å². The van der Waals surface area contributed by atoms with Gasteiger partial charge in [0.1, 0.15) is 0 Å². The van der Waals surface area contributed by atoms with Gasteiger partial charge in [0.2, 0.25) is 5.91 Å². The number of urea groups is 1. The van der Waals surface area contributed by atoms with Gasteiger partial charge < -0.3 is 20.3 Å². The van der Waals surface area contributed by atoms with Crippen LogP contribution in [0.25, 0.3) is 0 Å². The summed E-state index contributed by atoms with van der Waals surface area (Å²) in [6.45, 7) is 1.15. The maximum absolute atomic E-state index is 12.4. The molecular formula is C22H26N4O5S. The van der Waals surface area contributed by atoms with Crippen molar-refractivity contribution in [3.63, 3.8) is 0 Å². The molecule has 170 valence electrons. The van der Waals surface area contributed by atoms with Gasteiger partial charge in [-0.25, -0.2) is 4.79 Å². The summed E-state index contributed by atoms with van der Waals surface area (Å²) in [4.78, 5) is 37.0. The average Bonchev–Trinajstić information content (AvgIpc) is 2.80. The number of para-hydroxylation sites is 1. The van der Waals surface area contributed by atoms with Gasteiger partial charge in [-0.15, -0.1) is 11.8 Å². The number of nitro benzene ring substituents is 1. The van der Waals surface area contributed by atoms with Gasteiger partial charge in [-0.1, -0.05) is 24.3 Å². The molecule has 2 aromatic carbocycles. The maximum Gasteiger partial charge on any atom is 0.321 e. The molecule has 3 amide bonds. The second-order valence-electron chi connectivity index (χ2n) is 7.38. The SMILES string of the molecule is COc1ccc(CSCC(=O)NC2CCN(C(=O)Nc3ccccc3)CC2)cc1[N+](=O)[O-]. The van der Waals surface area contributed by atoms with E-state index in [0.717, 1.165) is 11.3 Å². The first-order chi connectivity index (χ1) is 15.5. The van der Waals surface area contributed by atoms with Crippen LogP contribution in [0.1, 0.15) is 18.4 Å². The number of likely N-dealkylation sites (tertiary alicyclic amines) is 1. The molecular weight excluding hydrogens is 432 g/mol. The van der Waals surface area contributed by atoms with Crippen molar-refractivity contribution >= 4 is 35.1 Å². The predicted molar refractivity (Wildman–Crippen MR) is 124 cm³/mol. The Bertz CT molecular complexity index is 949. The van der Waals surface area contributed by atoms with Gasteiger partial charge in [0.05, 0.1) is 17.8 Å². The van der Waals surface area contributed by atoms with E-state index in [1.54, 1.807) is 17.0 Å². The molecule has 0 aromatic heterocycles. The monoisotopic (exact) mass is 458 g/mol. The summed E-state index contributed by atoms with van der Waals surface area (Å²) >= 11 is 1.39. The highest BCUT2D eigenvalue weighted by atomic mass is 32.2. The lowest BCUT2D eigenvalue weighted by Gasteiger charge is -2.32. The molecule has 2 N–H and O–H groups in total. The Morgan fingerprint density at radius 1 is 1.19 bits per heavy atom. The molecule has 1 saturated heterocycles. The molecule has 0 atom stereocenters. The van der Waals surface area contributed by atoms with Crippen molar-refractivity contribution in [2.75, 3.05) is 31.3 Å². The van der Waals surface area contributed by atoms with Gasteiger partial charge in [0.15, 0.2) is 5.75 Å². The second-order valence-corrected chi connectivity index (χ2v) is 8.37. The molecule has 2 aromatic rings. The first-order valence-corrected chi connectivity index (χ1v) is 11.4. The van der Waals surface area contributed by atoms with Crippen LogP contribution in [0.3, 0.4) is 0 Å². The zero-order chi connectivity index (χ0) is 22.9. The number of nitro groups is 1. The summed E-state index contributed by atoms with van der Waals surface area (Å²) in [5, 5.41) is 17.0. The molecule has 10 heteroatoms. The van der Waals surface area contributed by atoms with E-state index in [-0.39, 0.29) is 35.2 Å². The van der Waals surface area contributed by atoms with E-state index in [1.165, 1.54) is 24.9 Å². The van der Waals surface area contributed by atoms with Crippen LogP contribution in [0, 0.1) is 10.1 Å². The molecule has 1 heterocycles. The van der Waals surface area contributed by atoms with E-state index in [0.29, 0.717) is 31.7 Å². The highest BCUT2D eigenvalue weighted by Gasteiger charge is 2.24. The molecule has 1 fully saturated rings. The van der Waals surface area contributed by atoms with Crippen LogP contribution in [0.4, 0.5) is 16.2 Å². The summed E-state index contributed by atoms with van der Waals surface area (Å²) < 4.78 is 5.00. The fourth-order valence-electron chi connectivity index (χ4n) is 3.45. The number of ether oxygens (including phenoxy) is 1. The molecule has 0 aliphatic carbocycles. The Hall–Kier alpha value is -3.27. The third-order valence-corrected chi connectivity index (χ3v) is 6.12. The lowest BCUT2D eigenvalue weighted by Crippen LogP contribution is -2.48. The van der Waals surface area contributed by atoms with Crippen LogP contribution in [-0.4, -0.2) is 53.8 Å². The van der Waals surface area contributed by atoms with Crippen LogP contribution in [0.5, 0.6) is 5.75 Å². The van der Waals surface area contributed by atoms with Gasteiger partial charge in [-0.3, -0.25) is 14.9 Å². The fraction of sp³-hybridized carbons (Fsp3) is 0.364. The second kappa shape index (κ2) is 11.4. The Kier molecular flexibility index (Phi) is 8.32. The van der Waals surface area contributed by atoms with Crippen molar-refractivity contribution in [1.29, 1.82) is 0 Å². The molecule has 1 aliphatic heterocycles. The standard InChI is InChI=1S/C22H26N4O5S/c1-31-20-8-7-16(13-19(20)26(29)30)14-32-15-21(27)23-18-9-11-25(12-10-18)22(28)24-17-5-3-2-4-6-17/h2-8,13,18H,9-12,14-15H2,1H3,(H,23,27)(H,24,28). The first kappa shape index (κ1) is 23.4. The zero-order valence-corrected chi connectivity index (χ0v) is 18.6. The quantitative estimate of drug-likeness (QED) is 0.461. The highest BCUT2D eigenvalue weighted by molar-refractivity contribution is 7.99. The van der Waals surface area contributed by atoms with Crippen molar-refractivity contribution in [3.05, 3.63) is 64.2 Å². The number of methoxy groups -OCH3 is 1. The number of hydrogen-bond acceptors (Lipinski definition) is 6. The topological polar surface area (TPSA) is 114 Å². The maximum atomic E-state index is 12.4. The summed E-state index contributed by atoms with van der Waals surface area (Å²) in [6.07, 6.45) is 1.40. The number of benzene rings is 2. The molecule has 0 radical (unpaired) electrons. The molecule has 0 unspecified atom stereocenters. The highest BCUT2D eigenvalue weighted by Crippen LogP contribution is 2.29. The van der Waals surface area contributed by atoms with Gasteiger partial charge in [0, 0.05) is 36.6 Å². The van der Waals surface area contributed by atoms with Gasteiger partial charge in [-0.05, 0) is 36.6 Å². The van der Waals surface area contributed by atoms with E-state index >= 15 is 0 Å². The largest absolute Gasteiger partial charge is 0.490 e. The number of rotatable bonds is 8. The van der Waals surface area contributed by atoms with E-state index in [9.17, 15) is 19.7 Å². The van der Waals surface area contributed by atoms with E-state index < -0.39 is 4.92 Å². The summed E-state index contributed by atoms with van der Waals surface area (Å²) in [7, 11) is 1.39. The minimum Gasteiger partial charge on any atom is -0.490 e. The molecule has 9 nitrogen and oxygen atoms in total. The van der Waals surface area contributed by atoms with Crippen LogP contribution in [-0.2, 0) is 10.5 Å². The summed E-state index contributed by atoms with van der Waals surface area (Å²) in [6, 6.07) is 14.0. The lowest BCUT2D eigenvalue weighted by molar-refractivity contribution is -0.385. The third-order valence-electron chi connectivity index (χ3n) is 5.11. The van der Waals surface area contributed by atoms with Crippen molar-refractivity contribution in [2.45, 2.75) is 24.6 Å². The van der Waals surface area contributed by atoms with Crippen LogP contribution < -0.4 is 15.4 Å². The number of thioether (sulfide) groups is 1. The Balaban J connectivity index is 1.38. The molecule has 3 rings (SSSR count). The number of nitrogens with zero attached hydrogens (tertiary/aromatic N) is 2. The Labute approximate surface area is 190 Å². The predicted octanol–water partition coefficient (Wildman–Crippen LogP) is 3.65. The van der Waals surface area contributed by atoms with Crippen molar-refractivity contribution < 1.29 is 19.2 Å². The number of carbonyl (C=O) groups excluding carboxylic acids is 2. The lowest BCUT2D eigenvalue weighted by atomic mass is 10.1. The minimum atomic E-state index is -0.480. The normalized spacial score (nSPS) is 14.0. The molecule has 0 bridgehead atoms. The fourth-order valence-corrected chi connectivity index (χ4v) is 4.24. The smallest absolute Gasteiger partial charge is 0.321 e. The van der Waals surface area contributed by atoms with Gasteiger partial charge in [-0.2, -0.15) is 0 Å². The van der Waals surface area contributed by atoms with E-state index in [2.05, 4.69) is 10.6 Å². The molecule has 0 saturated carbocycles. The number of nitrogens with one attached hydrogen (secondary N) is 2. The number of piperidine rings is 1. The van der Waals surface area contributed by atoms with Crippen LogP contribution in [0.2, 0.25) is 0 Å². The molecule has 0 spiro atoms. The van der Waals surface area contributed by atoms with E-state index in [4.69, 9.17) is 4.74 Å². The van der Waals surface area contributed by atoms with Gasteiger partial charge in [0.25, 0.3) is 0 Å². The average molecular weight is 459 g/mol. The van der Waals surface area contributed by atoms with Crippen molar-refractivity contribution in [3.8, 4) is 5.75 Å². The van der Waals surface area contributed by atoms with Crippen LogP contribution >= 0.6 is 11.8 Å². The summed E-state index contributed by atoms with van der Waals surface area (Å²) in [5.74, 6) is 0.876. The molecule has 1 aliphatic rings. The third kappa shape index (κ3) is 6.61. The number of hydrogen-bond donors (Lipinski definition) is 2. The van der Waals surface area contributed by atoms with Gasteiger partial charge >= 0.3 is 11.7 Å². The van der Waals surface area contributed by atoms with E-state index in [1.807, 2.05) is 30.3 Å². The number of anilines is 1. The minimum absolute atomic E-state index is 0.0333. The first-order valence-electron chi connectivity index (χ1n) is 10.3. The van der Waals surface area contributed by atoms with Crippen LogP contribution in [0.15, 0.2) is 48.5 Å².